The van der Waals surface area contributed by atoms with Gasteiger partial charge in [0.15, 0.2) is 0 Å². The number of sulfonamides is 1. The van der Waals surface area contributed by atoms with Gasteiger partial charge in [0.05, 0.1) is 9.35 Å². The normalized spacial score (nSPS) is 12.0. The Bertz CT molecular complexity index is 750. The summed E-state index contributed by atoms with van der Waals surface area (Å²) in [4.78, 5) is 11.8. The minimum atomic E-state index is -3.67. The largest absolute Gasteiger partial charge is 0.478 e. The molecular formula is C12H12BrNO4S3. The molecule has 0 fully saturated rings. The first-order valence-electron chi connectivity index (χ1n) is 5.90. The van der Waals surface area contributed by atoms with Crippen LogP contribution in [0.5, 0.6) is 0 Å². The van der Waals surface area contributed by atoms with Crippen LogP contribution in [0.4, 0.5) is 0 Å². The maximum atomic E-state index is 12.5. The molecule has 9 heteroatoms. The lowest BCUT2D eigenvalue weighted by Crippen LogP contribution is -2.29. The second-order valence-corrected chi connectivity index (χ2v) is 9.72. The van der Waals surface area contributed by atoms with Crippen molar-refractivity contribution >= 4 is 54.6 Å². The molecule has 2 aromatic heterocycles. The van der Waals surface area contributed by atoms with E-state index in [2.05, 4.69) is 15.9 Å². The van der Waals surface area contributed by atoms with Crippen molar-refractivity contribution in [2.75, 3.05) is 6.54 Å². The van der Waals surface area contributed by atoms with Gasteiger partial charge < -0.3 is 5.11 Å². The maximum Gasteiger partial charge on any atom is 0.336 e. The molecule has 0 radical (unpaired) electrons. The quantitative estimate of drug-likeness (QED) is 0.791. The first kappa shape index (κ1) is 16.6. The van der Waals surface area contributed by atoms with Crippen molar-refractivity contribution in [3.63, 3.8) is 0 Å². The number of nitrogens with zero attached hydrogens (tertiary/aromatic N) is 1. The molecule has 0 amide bonds. The lowest BCUT2D eigenvalue weighted by molar-refractivity contribution is 0.0697. The van der Waals surface area contributed by atoms with Crippen molar-refractivity contribution < 1.29 is 18.3 Å². The number of thiophene rings is 2. The van der Waals surface area contributed by atoms with E-state index >= 15 is 0 Å². The van der Waals surface area contributed by atoms with Crippen molar-refractivity contribution in [1.82, 2.24) is 4.31 Å². The summed E-state index contributed by atoms with van der Waals surface area (Å²) in [6, 6.07) is 4.94. The summed E-state index contributed by atoms with van der Waals surface area (Å²) in [6.07, 6.45) is 0. The van der Waals surface area contributed by atoms with Crippen molar-refractivity contribution in [1.29, 1.82) is 0 Å². The van der Waals surface area contributed by atoms with E-state index in [1.54, 1.807) is 6.92 Å². The highest BCUT2D eigenvalue weighted by atomic mass is 79.9. The number of hydrogen-bond acceptors (Lipinski definition) is 5. The van der Waals surface area contributed by atoms with Crippen LogP contribution in [0.25, 0.3) is 0 Å². The molecular weight excluding hydrogens is 398 g/mol. The highest BCUT2D eigenvalue weighted by Gasteiger charge is 2.26. The van der Waals surface area contributed by atoms with Gasteiger partial charge in [0.2, 0.25) is 0 Å². The Morgan fingerprint density at radius 1 is 1.43 bits per heavy atom. The molecule has 114 valence electrons. The predicted octanol–water partition coefficient (Wildman–Crippen LogP) is 3.48. The van der Waals surface area contributed by atoms with Gasteiger partial charge in [-0.05, 0) is 34.1 Å². The van der Waals surface area contributed by atoms with Gasteiger partial charge in [-0.1, -0.05) is 6.92 Å². The molecule has 0 aromatic carbocycles. The standard InChI is InChI=1S/C12H12BrNO4S3/c1-2-14(6-9-3-4-10(13)20-9)21(17,18)11-5-8(7-19-11)12(15)16/h3-5,7H,2,6H2,1H3,(H,15,16). The monoisotopic (exact) mass is 409 g/mol. The third-order valence-electron chi connectivity index (χ3n) is 2.73. The fourth-order valence-electron chi connectivity index (χ4n) is 1.67. The van der Waals surface area contributed by atoms with Gasteiger partial charge >= 0.3 is 5.97 Å². The van der Waals surface area contributed by atoms with Gasteiger partial charge in [-0.15, -0.1) is 22.7 Å². The number of halogens is 1. The number of carbonyl (C=O) groups is 1. The molecule has 2 heterocycles. The highest BCUT2D eigenvalue weighted by molar-refractivity contribution is 9.11. The number of rotatable bonds is 6. The molecule has 0 aliphatic heterocycles. The van der Waals surface area contributed by atoms with Crippen LogP contribution in [0.3, 0.4) is 0 Å². The SMILES string of the molecule is CCN(Cc1ccc(Br)s1)S(=O)(=O)c1cc(C(=O)O)cs1. The van der Waals surface area contributed by atoms with Gasteiger partial charge in [0.25, 0.3) is 10.0 Å². The molecule has 0 bridgehead atoms. The van der Waals surface area contributed by atoms with E-state index in [1.165, 1.54) is 27.1 Å². The van der Waals surface area contributed by atoms with Gasteiger partial charge in [0.1, 0.15) is 4.21 Å². The zero-order valence-electron chi connectivity index (χ0n) is 10.9. The fraction of sp³-hybridized carbons (Fsp3) is 0.250. The van der Waals surface area contributed by atoms with Gasteiger partial charge in [-0.2, -0.15) is 4.31 Å². The van der Waals surface area contributed by atoms with Gasteiger partial charge in [-0.25, -0.2) is 13.2 Å². The van der Waals surface area contributed by atoms with E-state index in [9.17, 15) is 13.2 Å². The summed E-state index contributed by atoms with van der Waals surface area (Å²) in [6.45, 7) is 2.35. The number of carboxylic acids is 1. The van der Waals surface area contributed by atoms with Crippen LogP contribution in [-0.2, 0) is 16.6 Å². The highest BCUT2D eigenvalue weighted by Crippen LogP contribution is 2.28. The Hall–Kier alpha value is -0.740. The number of carboxylic acid groups (broad SMARTS) is 1. The number of aromatic carboxylic acids is 1. The molecule has 2 rings (SSSR count). The van der Waals surface area contributed by atoms with Crippen LogP contribution in [-0.4, -0.2) is 30.3 Å². The van der Waals surface area contributed by atoms with Crippen molar-refractivity contribution in [3.8, 4) is 0 Å². The first-order chi connectivity index (χ1) is 9.84. The Morgan fingerprint density at radius 3 is 2.62 bits per heavy atom. The molecule has 0 saturated heterocycles. The van der Waals surface area contributed by atoms with Crippen molar-refractivity contribution in [2.24, 2.45) is 0 Å². The smallest absolute Gasteiger partial charge is 0.336 e. The zero-order chi connectivity index (χ0) is 15.6. The van der Waals surface area contributed by atoms with Crippen LogP contribution in [0.2, 0.25) is 0 Å². The minimum Gasteiger partial charge on any atom is -0.478 e. The molecule has 21 heavy (non-hydrogen) atoms. The van der Waals surface area contributed by atoms with Gasteiger partial charge in [-0.3, -0.25) is 0 Å². The Morgan fingerprint density at radius 2 is 2.14 bits per heavy atom. The molecule has 0 aliphatic carbocycles. The average Bonchev–Trinajstić information content (AvgIpc) is 3.04. The first-order valence-corrected chi connectivity index (χ1v) is 9.83. The second-order valence-electron chi connectivity index (χ2n) is 4.10. The predicted molar refractivity (Wildman–Crippen MR) is 86.6 cm³/mol. The third-order valence-corrected chi connectivity index (χ3v) is 7.67. The third kappa shape index (κ3) is 3.72. The Balaban J connectivity index is 2.28. The minimum absolute atomic E-state index is 0.00602. The summed E-state index contributed by atoms with van der Waals surface area (Å²) >= 11 is 5.75. The second kappa shape index (κ2) is 6.57. The summed E-state index contributed by atoms with van der Waals surface area (Å²) in [5, 5.41) is 10.2. The zero-order valence-corrected chi connectivity index (χ0v) is 15.0. The van der Waals surface area contributed by atoms with Crippen LogP contribution >= 0.6 is 38.6 Å². The molecule has 0 spiro atoms. The lowest BCUT2D eigenvalue weighted by atomic mass is 10.4. The van der Waals surface area contributed by atoms with Crippen molar-refractivity contribution in [3.05, 3.63) is 37.8 Å². The summed E-state index contributed by atoms with van der Waals surface area (Å²) < 4.78 is 27.4. The molecule has 2 aromatic rings. The van der Waals surface area contributed by atoms with Gasteiger partial charge in [0, 0.05) is 23.3 Å². The summed E-state index contributed by atoms with van der Waals surface area (Å²) in [5.74, 6) is -1.13. The van der Waals surface area contributed by atoms with E-state index < -0.39 is 16.0 Å². The fourth-order valence-corrected chi connectivity index (χ4v) is 5.98. The van der Waals surface area contributed by atoms with E-state index in [-0.39, 0.29) is 16.3 Å². The molecule has 0 saturated carbocycles. The molecule has 5 nitrogen and oxygen atoms in total. The van der Waals surface area contributed by atoms with E-state index in [4.69, 9.17) is 5.11 Å². The topological polar surface area (TPSA) is 74.7 Å². The van der Waals surface area contributed by atoms with Crippen LogP contribution in [0.1, 0.15) is 22.2 Å². The maximum absolute atomic E-state index is 12.5. The number of hydrogen-bond donors (Lipinski definition) is 1. The molecule has 0 atom stereocenters. The summed E-state index contributed by atoms with van der Waals surface area (Å²) in [5.41, 5.74) is -0.00602. The molecule has 0 aliphatic rings. The van der Waals surface area contributed by atoms with Crippen LogP contribution in [0, 0.1) is 0 Å². The Labute approximate surface area is 139 Å². The van der Waals surface area contributed by atoms with Crippen molar-refractivity contribution in [2.45, 2.75) is 17.7 Å². The average molecular weight is 410 g/mol. The Kier molecular flexibility index (Phi) is 5.20. The summed E-state index contributed by atoms with van der Waals surface area (Å²) in [7, 11) is -3.67. The molecule has 1 N–H and O–H groups in total. The van der Waals surface area contributed by atoms with E-state index in [0.717, 1.165) is 20.0 Å². The van der Waals surface area contributed by atoms with Crippen LogP contribution < -0.4 is 0 Å². The van der Waals surface area contributed by atoms with E-state index in [0.29, 0.717) is 6.54 Å². The van der Waals surface area contributed by atoms with Crippen LogP contribution in [0.15, 0.2) is 31.6 Å². The van der Waals surface area contributed by atoms with E-state index in [1.807, 2.05) is 12.1 Å². The lowest BCUT2D eigenvalue weighted by Gasteiger charge is -2.18. The molecule has 0 unspecified atom stereocenters.